The highest BCUT2D eigenvalue weighted by Gasteiger charge is 2.04. The number of carbonyl (C=O) groups excluding carboxylic acids is 2. The molecule has 1 aromatic carbocycles. The highest BCUT2D eigenvalue weighted by atomic mass is 32.1. The number of urea groups is 1. The minimum absolute atomic E-state index is 0.303. The first kappa shape index (κ1) is 14.1. The molecular formula is C14H15N3O2S. The van der Waals surface area contributed by atoms with Crippen LogP contribution in [0.5, 0.6) is 0 Å². The van der Waals surface area contributed by atoms with Gasteiger partial charge in [0, 0.05) is 22.7 Å². The maximum atomic E-state index is 11.7. The van der Waals surface area contributed by atoms with Gasteiger partial charge in [-0.3, -0.25) is 4.79 Å². The van der Waals surface area contributed by atoms with Gasteiger partial charge >= 0.3 is 6.03 Å². The van der Waals surface area contributed by atoms with Crippen molar-refractivity contribution in [3.63, 3.8) is 0 Å². The molecule has 6 heteroatoms. The van der Waals surface area contributed by atoms with Gasteiger partial charge in [0.2, 0.25) is 5.91 Å². The quantitative estimate of drug-likeness (QED) is 0.788. The summed E-state index contributed by atoms with van der Waals surface area (Å²) in [7, 11) is 0. The summed E-state index contributed by atoms with van der Waals surface area (Å²) in [4.78, 5) is 23.9. The van der Waals surface area contributed by atoms with E-state index in [0.29, 0.717) is 17.8 Å². The molecule has 1 heterocycles. The van der Waals surface area contributed by atoms with Gasteiger partial charge in [-0.2, -0.15) is 0 Å². The van der Waals surface area contributed by atoms with Crippen LogP contribution in [0, 0.1) is 0 Å². The van der Waals surface area contributed by atoms with Crippen LogP contribution in [0.2, 0.25) is 0 Å². The molecule has 0 radical (unpaired) electrons. The molecule has 0 fully saturated rings. The summed E-state index contributed by atoms with van der Waals surface area (Å²) < 4.78 is 0. The fourth-order valence-corrected chi connectivity index (χ4v) is 2.39. The Bertz CT molecular complexity index is 596. The van der Waals surface area contributed by atoms with Gasteiger partial charge in [0.15, 0.2) is 0 Å². The number of hydrogen-bond acceptors (Lipinski definition) is 3. The zero-order chi connectivity index (χ0) is 14.4. The average molecular weight is 289 g/mol. The summed E-state index contributed by atoms with van der Waals surface area (Å²) in [5, 5.41) is 7.43. The summed E-state index contributed by atoms with van der Waals surface area (Å²) in [6.45, 7) is 0.557. The van der Waals surface area contributed by atoms with Gasteiger partial charge in [0.05, 0.1) is 0 Å². The molecule has 2 aromatic rings. The number of rotatable bonds is 5. The molecular weight excluding hydrogens is 274 g/mol. The van der Waals surface area contributed by atoms with Crippen molar-refractivity contribution in [1.82, 2.24) is 5.32 Å². The molecule has 20 heavy (non-hydrogen) atoms. The third-order valence-electron chi connectivity index (χ3n) is 2.64. The van der Waals surface area contributed by atoms with E-state index >= 15 is 0 Å². The monoisotopic (exact) mass is 289 g/mol. The molecule has 0 saturated heterocycles. The fourth-order valence-electron chi connectivity index (χ4n) is 1.68. The second-order valence-electron chi connectivity index (χ2n) is 4.16. The van der Waals surface area contributed by atoms with Crippen molar-refractivity contribution in [1.29, 1.82) is 0 Å². The molecule has 2 rings (SSSR count). The van der Waals surface area contributed by atoms with Crippen molar-refractivity contribution in [2.75, 3.05) is 11.9 Å². The van der Waals surface area contributed by atoms with E-state index in [0.717, 1.165) is 6.42 Å². The minimum atomic E-state index is -0.522. The third kappa shape index (κ3) is 4.10. The fraction of sp³-hybridized carbons (Fsp3) is 0.143. The number of nitrogens with one attached hydrogen (secondary N) is 2. The number of benzene rings is 1. The van der Waals surface area contributed by atoms with E-state index in [9.17, 15) is 9.59 Å². The van der Waals surface area contributed by atoms with E-state index in [1.165, 1.54) is 4.88 Å². The molecule has 0 atom stereocenters. The molecule has 1 aromatic heterocycles. The standard InChI is InChI=1S/C14H15N3O2S/c15-13(18)10-3-1-4-11(9-10)17-14(19)16-7-6-12-5-2-8-20-12/h1-5,8-9H,6-7H2,(H2,15,18)(H2,16,17,19). The van der Waals surface area contributed by atoms with Crippen LogP contribution in [0.4, 0.5) is 10.5 Å². The summed E-state index contributed by atoms with van der Waals surface area (Å²) in [6, 6.07) is 10.2. The Labute approximate surface area is 120 Å². The normalized spacial score (nSPS) is 10.0. The molecule has 0 saturated carbocycles. The maximum Gasteiger partial charge on any atom is 0.319 e. The first-order valence-corrected chi connectivity index (χ1v) is 7.00. The molecule has 0 unspecified atom stereocenters. The van der Waals surface area contributed by atoms with Crippen molar-refractivity contribution in [3.8, 4) is 0 Å². The zero-order valence-corrected chi connectivity index (χ0v) is 11.6. The van der Waals surface area contributed by atoms with Gasteiger partial charge in [0.25, 0.3) is 0 Å². The van der Waals surface area contributed by atoms with E-state index in [1.807, 2.05) is 17.5 Å². The third-order valence-corrected chi connectivity index (χ3v) is 3.58. The van der Waals surface area contributed by atoms with Crippen LogP contribution < -0.4 is 16.4 Å². The smallest absolute Gasteiger partial charge is 0.319 e. The number of amides is 3. The van der Waals surface area contributed by atoms with Crippen molar-refractivity contribution in [2.45, 2.75) is 6.42 Å². The largest absolute Gasteiger partial charge is 0.366 e. The molecule has 3 amide bonds. The molecule has 0 aliphatic heterocycles. The SMILES string of the molecule is NC(=O)c1cccc(NC(=O)NCCc2cccs2)c1. The maximum absolute atomic E-state index is 11.7. The second-order valence-corrected chi connectivity index (χ2v) is 5.19. The lowest BCUT2D eigenvalue weighted by molar-refractivity contribution is 0.100. The van der Waals surface area contributed by atoms with Gasteiger partial charge in [0.1, 0.15) is 0 Å². The Kier molecular flexibility index (Phi) is 4.73. The van der Waals surface area contributed by atoms with Crippen molar-refractivity contribution < 1.29 is 9.59 Å². The highest BCUT2D eigenvalue weighted by Crippen LogP contribution is 2.10. The summed E-state index contributed by atoms with van der Waals surface area (Å²) in [5.41, 5.74) is 6.08. The number of primary amides is 1. The Morgan fingerprint density at radius 1 is 1.20 bits per heavy atom. The Balaban J connectivity index is 1.82. The molecule has 0 aliphatic carbocycles. The van der Waals surface area contributed by atoms with Crippen molar-refractivity contribution >= 4 is 29.0 Å². The number of nitrogens with two attached hydrogens (primary N) is 1. The Morgan fingerprint density at radius 2 is 2.05 bits per heavy atom. The molecule has 4 N–H and O–H groups in total. The molecule has 5 nitrogen and oxygen atoms in total. The summed E-state index contributed by atoms with van der Waals surface area (Å²) in [6.07, 6.45) is 0.798. The topological polar surface area (TPSA) is 84.2 Å². The number of hydrogen-bond donors (Lipinski definition) is 3. The summed E-state index contributed by atoms with van der Waals surface area (Å²) >= 11 is 1.66. The lowest BCUT2D eigenvalue weighted by atomic mass is 10.2. The highest BCUT2D eigenvalue weighted by molar-refractivity contribution is 7.09. The first-order chi connectivity index (χ1) is 9.65. The van der Waals surface area contributed by atoms with Crippen LogP contribution in [-0.2, 0) is 6.42 Å². The lowest BCUT2D eigenvalue weighted by Gasteiger charge is -2.07. The van der Waals surface area contributed by atoms with E-state index in [1.54, 1.807) is 35.6 Å². The zero-order valence-electron chi connectivity index (χ0n) is 10.8. The van der Waals surface area contributed by atoms with E-state index in [2.05, 4.69) is 10.6 Å². The molecule has 0 bridgehead atoms. The number of anilines is 1. The van der Waals surface area contributed by atoms with Crippen LogP contribution in [-0.4, -0.2) is 18.5 Å². The number of carbonyl (C=O) groups is 2. The van der Waals surface area contributed by atoms with Crippen molar-refractivity contribution in [3.05, 3.63) is 52.2 Å². The van der Waals surface area contributed by atoms with E-state index < -0.39 is 5.91 Å². The van der Waals surface area contributed by atoms with Gasteiger partial charge < -0.3 is 16.4 Å². The predicted octanol–water partition coefficient (Wildman–Crippen LogP) is 2.21. The van der Waals surface area contributed by atoms with Crippen LogP contribution in [0.25, 0.3) is 0 Å². The van der Waals surface area contributed by atoms with Crippen LogP contribution in [0.1, 0.15) is 15.2 Å². The van der Waals surface area contributed by atoms with E-state index in [4.69, 9.17) is 5.73 Å². The first-order valence-electron chi connectivity index (χ1n) is 6.12. The Hall–Kier alpha value is -2.34. The second kappa shape index (κ2) is 6.72. The summed E-state index contributed by atoms with van der Waals surface area (Å²) in [5.74, 6) is -0.522. The minimum Gasteiger partial charge on any atom is -0.366 e. The van der Waals surface area contributed by atoms with Crippen LogP contribution >= 0.6 is 11.3 Å². The molecule has 104 valence electrons. The average Bonchev–Trinajstić information content (AvgIpc) is 2.92. The predicted molar refractivity (Wildman–Crippen MR) is 80.0 cm³/mol. The lowest BCUT2D eigenvalue weighted by Crippen LogP contribution is -2.30. The van der Waals surface area contributed by atoms with E-state index in [-0.39, 0.29) is 6.03 Å². The van der Waals surface area contributed by atoms with Gasteiger partial charge in [-0.15, -0.1) is 11.3 Å². The van der Waals surface area contributed by atoms with Gasteiger partial charge in [-0.05, 0) is 36.1 Å². The van der Waals surface area contributed by atoms with Crippen molar-refractivity contribution in [2.24, 2.45) is 5.73 Å². The Morgan fingerprint density at radius 3 is 2.75 bits per heavy atom. The molecule has 0 spiro atoms. The van der Waals surface area contributed by atoms with Gasteiger partial charge in [-0.1, -0.05) is 12.1 Å². The van der Waals surface area contributed by atoms with Crippen LogP contribution in [0.15, 0.2) is 41.8 Å². The number of thiophene rings is 1. The molecule has 0 aliphatic rings. The van der Waals surface area contributed by atoms with Gasteiger partial charge in [-0.25, -0.2) is 4.79 Å². The van der Waals surface area contributed by atoms with Crippen LogP contribution in [0.3, 0.4) is 0 Å².